The van der Waals surface area contributed by atoms with Crippen LogP contribution in [0.4, 0.5) is 0 Å². The zero-order valence-corrected chi connectivity index (χ0v) is 12.2. The molecular formula is C17H17N4+. The van der Waals surface area contributed by atoms with Crippen LogP contribution in [0.2, 0.25) is 0 Å². The molecule has 2 heterocycles. The van der Waals surface area contributed by atoms with Crippen molar-refractivity contribution >= 4 is 0 Å². The molecule has 21 heavy (non-hydrogen) atoms. The molecule has 4 heteroatoms. The van der Waals surface area contributed by atoms with E-state index < -0.39 is 0 Å². The molecule has 1 aromatic rings. The van der Waals surface area contributed by atoms with Gasteiger partial charge in [-0.15, -0.1) is 0 Å². The number of rotatable bonds is 3. The lowest BCUT2D eigenvalue weighted by Crippen LogP contribution is -2.39. The molecule has 0 saturated carbocycles. The van der Waals surface area contributed by atoms with Crippen LogP contribution in [0, 0.1) is 13.1 Å². The molecule has 0 amide bonds. The minimum absolute atomic E-state index is 0.130. The lowest BCUT2D eigenvalue weighted by atomic mass is 10.1. The second-order valence-electron chi connectivity index (χ2n) is 4.84. The largest absolute Gasteiger partial charge is 0.526 e. The predicted molar refractivity (Wildman–Crippen MR) is 81.1 cm³/mol. The first kappa shape index (κ1) is 14.6. The Balaban J connectivity index is 2.16. The standard InChI is InChI=1S/C17H17N4/c1-14-12-16(17(18-3)19-4)13-15(2)21(14)11-10-20-8-6-5-7-9-20/h5-9,12-13H,10-11H2,1-2H3/q+1. The number of hydrogen-bond acceptors (Lipinski definition) is 1. The number of hydrogen-bond donors (Lipinski definition) is 0. The van der Waals surface area contributed by atoms with E-state index in [-0.39, 0.29) is 5.82 Å². The van der Waals surface area contributed by atoms with Crippen LogP contribution in [-0.2, 0) is 6.54 Å². The van der Waals surface area contributed by atoms with Crippen LogP contribution in [0.3, 0.4) is 0 Å². The first-order valence-corrected chi connectivity index (χ1v) is 6.73. The number of nitrogens with zero attached hydrogens (tertiary/aromatic N) is 4. The Morgan fingerprint density at radius 2 is 1.62 bits per heavy atom. The van der Waals surface area contributed by atoms with Gasteiger partial charge in [-0.1, -0.05) is 6.07 Å². The summed E-state index contributed by atoms with van der Waals surface area (Å²) in [5, 5.41) is 0. The molecule has 1 aromatic heterocycles. The first-order valence-electron chi connectivity index (χ1n) is 6.73. The van der Waals surface area contributed by atoms with Crippen molar-refractivity contribution in [3.05, 3.63) is 88.4 Å². The van der Waals surface area contributed by atoms with E-state index in [1.54, 1.807) is 0 Å². The highest BCUT2D eigenvalue weighted by Crippen LogP contribution is 2.25. The van der Waals surface area contributed by atoms with Gasteiger partial charge in [0.1, 0.15) is 13.1 Å². The van der Waals surface area contributed by atoms with Crippen molar-refractivity contribution in [1.82, 2.24) is 4.90 Å². The van der Waals surface area contributed by atoms with Gasteiger partial charge >= 0.3 is 5.82 Å². The fraction of sp³-hybridized carbons (Fsp3) is 0.235. The second-order valence-corrected chi connectivity index (χ2v) is 4.84. The average molecular weight is 277 g/mol. The molecule has 0 bridgehead atoms. The van der Waals surface area contributed by atoms with Gasteiger partial charge in [-0.3, -0.25) is 0 Å². The van der Waals surface area contributed by atoms with Gasteiger partial charge in [-0.25, -0.2) is 4.57 Å². The molecule has 0 unspecified atom stereocenters. The van der Waals surface area contributed by atoms with E-state index in [4.69, 9.17) is 13.1 Å². The topological polar surface area (TPSA) is 15.8 Å². The van der Waals surface area contributed by atoms with Gasteiger partial charge < -0.3 is 4.90 Å². The molecule has 4 nitrogen and oxygen atoms in total. The summed E-state index contributed by atoms with van der Waals surface area (Å²) in [6.45, 7) is 19.9. The third-order valence-corrected chi connectivity index (χ3v) is 3.41. The first-order chi connectivity index (χ1) is 10.2. The minimum atomic E-state index is 0.130. The molecule has 104 valence electrons. The monoisotopic (exact) mass is 277 g/mol. The lowest BCUT2D eigenvalue weighted by Gasteiger charge is -2.28. The van der Waals surface area contributed by atoms with E-state index in [9.17, 15) is 0 Å². The molecule has 0 spiro atoms. The van der Waals surface area contributed by atoms with Crippen LogP contribution >= 0.6 is 0 Å². The van der Waals surface area contributed by atoms with Gasteiger partial charge in [0.15, 0.2) is 18.9 Å². The van der Waals surface area contributed by atoms with Crippen molar-refractivity contribution in [2.24, 2.45) is 0 Å². The minimum Gasteiger partial charge on any atom is -0.343 e. The Morgan fingerprint density at radius 3 is 2.14 bits per heavy atom. The Morgan fingerprint density at radius 1 is 1.05 bits per heavy atom. The Hall–Kier alpha value is -2.85. The van der Waals surface area contributed by atoms with Crippen molar-refractivity contribution in [2.45, 2.75) is 20.4 Å². The molecule has 1 aliphatic rings. The summed E-state index contributed by atoms with van der Waals surface area (Å²) < 4.78 is 2.13. The molecule has 2 rings (SSSR count). The number of allylic oxidation sites excluding steroid dienone is 5. The summed E-state index contributed by atoms with van der Waals surface area (Å²) in [7, 11) is 0. The van der Waals surface area contributed by atoms with Crippen LogP contribution in [0.5, 0.6) is 0 Å². The summed E-state index contributed by atoms with van der Waals surface area (Å²) in [5.74, 6) is 0.130. The molecule has 0 N–H and O–H groups in total. The predicted octanol–water partition coefficient (Wildman–Crippen LogP) is 3.15. The van der Waals surface area contributed by atoms with Gasteiger partial charge in [-0.2, -0.15) is 9.69 Å². The highest BCUT2D eigenvalue weighted by Gasteiger charge is 2.19. The zero-order chi connectivity index (χ0) is 15.2. The van der Waals surface area contributed by atoms with Crippen LogP contribution in [0.25, 0.3) is 9.69 Å². The van der Waals surface area contributed by atoms with E-state index in [0.29, 0.717) is 5.57 Å². The van der Waals surface area contributed by atoms with Crippen molar-refractivity contribution in [3.8, 4) is 0 Å². The maximum atomic E-state index is 7.05. The van der Waals surface area contributed by atoms with Gasteiger partial charge in [0.25, 0.3) is 0 Å². The SMILES string of the molecule is [C-]#[N+]C([N+]#[C-])=C1C=C(C)N(CC[n+]2ccccc2)C(C)=C1. The molecule has 0 aliphatic carbocycles. The van der Waals surface area contributed by atoms with Gasteiger partial charge in [0.2, 0.25) is 0 Å². The fourth-order valence-electron chi connectivity index (χ4n) is 2.36. The number of pyridine rings is 1. The summed E-state index contributed by atoms with van der Waals surface area (Å²) in [4.78, 5) is 8.77. The Bertz CT molecular complexity index is 659. The Labute approximate surface area is 125 Å². The molecule has 0 saturated heterocycles. The van der Waals surface area contributed by atoms with Crippen molar-refractivity contribution in [2.75, 3.05) is 6.54 Å². The average Bonchev–Trinajstić information content (AvgIpc) is 2.49. The molecule has 0 aromatic carbocycles. The zero-order valence-electron chi connectivity index (χ0n) is 12.2. The van der Waals surface area contributed by atoms with Crippen molar-refractivity contribution < 1.29 is 4.57 Å². The maximum absolute atomic E-state index is 7.05. The van der Waals surface area contributed by atoms with Crippen molar-refractivity contribution in [3.63, 3.8) is 0 Å². The second kappa shape index (κ2) is 6.54. The summed E-state index contributed by atoms with van der Waals surface area (Å²) in [6.07, 6.45) is 7.91. The highest BCUT2D eigenvalue weighted by atomic mass is 15.2. The van der Waals surface area contributed by atoms with E-state index >= 15 is 0 Å². The number of aromatic nitrogens is 1. The Kier molecular flexibility index (Phi) is 4.53. The summed E-state index contributed by atoms with van der Waals surface area (Å²) in [6, 6.07) is 6.03. The normalized spacial score (nSPS) is 13.9. The van der Waals surface area contributed by atoms with Crippen LogP contribution in [-0.4, -0.2) is 11.4 Å². The maximum Gasteiger partial charge on any atom is 0.526 e. The van der Waals surface area contributed by atoms with Crippen LogP contribution < -0.4 is 4.57 Å². The highest BCUT2D eigenvalue weighted by molar-refractivity contribution is 5.46. The van der Waals surface area contributed by atoms with Crippen LogP contribution in [0.1, 0.15) is 13.8 Å². The smallest absolute Gasteiger partial charge is 0.343 e. The third-order valence-electron chi connectivity index (χ3n) is 3.41. The van der Waals surface area contributed by atoms with E-state index in [0.717, 1.165) is 24.5 Å². The van der Waals surface area contributed by atoms with E-state index in [1.165, 1.54) is 0 Å². The molecule has 1 aliphatic heterocycles. The third kappa shape index (κ3) is 3.38. The van der Waals surface area contributed by atoms with Gasteiger partial charge in [-0.05, 0) is 26.0 Å². The molecule has 0 atom stereocenters. The molecule has 0 fully saturated rings. The summed E-state index contributed by atoms with van der Waals surface area (Å²) >= 11 is 0. The fourth-order valence-corrected chi connectivity index (χ4v) is 2.36. The van der Waals surface area contributed by atoms with Crippen LogP contribution in [0.15, 0.2) is 65.5 Å². The van der Waals surface area contributed by atoms with Gasteiger partial charge in [0, 0.05) is 23.5 Å². The molecule has 0 radical (unpaired) electrons. The lowest BCUT2D eigenvalue weighted by molar-refractivity contribution is -0.696. The van der Waals surface area contributed by atoms with Crippen molar-refractivity contribution in [1.29, 1.82) is 0 Å². The molecular weight excluding hydrogens is 260 g/mol. The summed E-state index contributed by atoms with van der Waals surface area (Å²) in [5.41, 5.74) is 2.83. The van der Waals surface area contributed by atoms with Gasteiger partial charge in [0.05, 0.1) is 12.1 Å². The van der Waals surface area contributed by atoms with E-state index in [2.05, 4.69) is 19.2 Å². The van der Waals surface area contributed by atoms with E-state index in [1.807, 2.05) is 56.6 Å². The quantitative estimate of drug-likeness (QED) is 0.612.